The number of hydrogen-bond donors (Lipinski definition) is 0. The van der Waals surface area contributed by atoms with E-state index in [0.29, 0.717) is 19.1 Å². The van der Waals surface area contributed by atoms with Crippen molar-refractivity contribution in [3.8, 4) is 0 Å². The van der Waals surface area contributed by atoms with Gasteiger partial charge in [0.05, 0.1) is 12.5 Å². The lowest BCUT2D eigenvalue weighted by Gasteiger charge is -2.31. The maximum Gasteiger partial charge on any atom is 0.410 e. The van der Waals surface area contributed by atoms with Gasteiger partial charge >= 0.3 is 12.1 Å². The van der Waals surface area contributed by atoms with E-state index in [1.54, 1.807) is 4.90 Å². The van der Waals surface area contributed by atoms with Crippen molar-refractivity contribution in [1.29, 1.82) is 0 Å². The first-order valence-corrected chi connectivity index (χ1v) is 9.70. The summed E-state index contributed by atoms with van der Waals surface area (Å²) in [6, 6.07) is 9.77. The SMILES string of the molecule is CC(C)COC(=O)C1CN(C(=O)OCc2ccccc2)C2CCCCC12. The molecule has 1 aliphatic heterocycles. The van der Waals surface area contributed by atoms with Crippen molar-refractivity contribution >= 4 is 12.1 Å². The number of benzene rings is 1. The van der Waals surface area contributed by atoms with Crippen LogP contribution in [0.3, 0.4) is 0 Å². The van der Waals surface area contributed by atoms with Crippen LogP contribution in [0.5, 0.6) is 0 Å². The van der Waals surface area contributed by atoms with Gasteiger partial charge in [0, 0.05) is 12.6 Å². The summed E-state index contributed by atoms with van der Waals surface area (Å²) in [5.41, 5.74) is 0.966. The first kappa shape index (κ1) is 18.7. The number of rotatable bonds is 5. The second kappa shape index (κ2) is 8.56. The van der Waals surface area contributed by atoms with Gasteiger partial charge in [-0.15, -0.1) is 0 Å². The molecule has 0 spiro atoms. The van der Waals surface area contributed by atoms with Crippen LogP contribution in [0, 0.1) is 17.8 Å². The van der Waals surface area contributed by atoms with E-state index >= 15 is 0 Å². The maximum absolute atomic E-state index is 12.7. The first-order chi connectivity index (χ1) is 12.6. The molecule has 142 valence electrons. The lowest BCUT2D eigenvalue weighted by Crippen LogP contribution is -2.39. The molecule has 0 N–H and O–H groups in total. The Kier molecular flexibility index (Phi) is 6.17. The van der Waals surface area contributed by atoms with Crippen LogP contribution in [0.4, 0.5) is 4.79 Å². The van der Waals surface area contributed by atoms with Gasteiger partial charge in [-0.2, -0.15) is 0 Å². The number of likely N-dealkylation sites (tertiary alicyclic amines) is 1. The fourth-order valence-electron chi connectivity index (χ4n) is 4.10. The van der Waals surface area contributed by atoms with Crippen LogP contribution in [0.15, 0.2) is 30.3 Å². The Morgan fingerprint density at radius 3 is 2.58 bits per heavy atom. The first-order valence-electron chi connectivity index (χ1n) is 9.70. The smallest absolute Gasteiger partial charge is 0.410 e. The Balaban J connectivity index is 1.63. The van der Waals surface area contributed by atoms with Crippen molar-refractivity contribution in [3.63, 3.8) is 0 Å². The molecule has 2 aliphatic rings. The normalized spacial score (nSPS) is 25.0. The van der Waals surface area contributed by atoms with Gasteiger partial charge in [-0.05, 0) is 30.2 Å². The van der Waals surface area contributed by atoms with Crippen LogP contribution < -0.4 is 0 Å². The highest BCUT2D eigenvalue weighted by atomic mass is 16.6. The second-order valence-electron chi connectivity index (χ2n) is 7.84. The third kappa shape index (κ3) is 4.37. The zero-order chi connectivity index (χ0) is 18.5. The van der Waals surface area contributed by atoms with Crippen LogP contribution in [0.1, 0.15) is 45.1 Å². The van der Waals surface area contributed by atoms with Gasteiger partial charge in [0.25, 0.3) is 0 Å². The Morgan fingerprint density at radius 1 is 1.12 bits per heavy atom. The Labute approximate surface area is 155 Å². The highest BCUT2D eigenvalue weighted by molar-refractivity contribution is 5.76. The average molecular weight is 359 g/mol. The van der Waals surface area contributed by atoms with Crippen molar-refractivity contribution < 1.29 is 19.1 Å². The standard InChI is InChI=1S/C21H29NO4/c1-15(2)13-25-20(23)18-12-22(19-11-7-6-10-17(18)19)21(24)26-14-16-8-4-3-5-9-16/h3-5,8-9,15,17-19H,6-7,10-14H2,1-2H3. The number of carbonyl (C=O) groups excluding carboxylic acids is 2. The highest BCUT2D eigenvalue weighted by Gasteiger charge is 2.48. The molecule has 3 rings (SSSR count). The minimum Gasteiger partial charge on any atom is -0.465 e. The topological polar surface area (TPSA) is 55.8 Å². The summed E-state index contributed by atoms with van der Waals surface area (Å²) in [6.45, 7) is 5.16. The third-order valence-corrected chi connectivity index (χ3v) is 5.39. The van der Waals surface area contributed by atoms with E-state index in [4.69, 9.17) is 9.47 Å². The molecule has 2 fully saturated rings. The molecule has 5 nitrogen and oxygen atoms in total. The van der Waals surface area contributed by atoms with E-state index in [1.807, 2.05) is 44.2 Å². The number of carbonyl (C=O) groups is 2. The summed E-state index contributed by atoms with van der Waals surface area (Å²) < 4.78 is 11.0. The molecule has 0 bridgehead atoms. The maximum atomic E-state index is 12.7. The van der Waals surface area contributed by atoms with Crippen LogP contribution in [0.25, 0.3) is 0 Å². The number of nitrogens with zero attached hydrogens (tertiary/aromatic N) is 1. The van der Waals surface area contributed by atoms with Gasteiger partial charge in [0.2, 0.25) is 0 Å². The van der Waals surface area contributed by atoms with Crippen LogP contribution in [0.2, 0.25) is 0 Å². The fourth-order valence-corrected chi connectivity index (χ4v) is 4.10. The van der Waals surface area contributed by atoms with E-state index in [1.165, 1.54) is 0 Å². The molecule has 1 aliphatic carbocycles. The fraction of sp³-hybridized carbons (Fsp3) is 0.619. The molecule has 0 radical (unpaired) electrons. The van der Waals surface area contributed by atoms with Crippen molar-refractivity contribution in [3.05, 3.63) is 35.9 Å². The van der Waals surface area contributed by atoms with Gasteiger partial charge in [-0.1, -0.05) is 57.0 Å². The summed E-state index contributed by atoms with van der Waals surface area (Å²) in [5, 5.41) is 0. The van der Waals surface area contributed by atoms with E-state index in [9.17, 15) is 9.59 Å². The van der Waals surface area contributed by atoms with Crippen LogP contribution in [-0.4, -0.2) is 36.2 Å². The highest BCUT2D eigenvalue weighted by Crippen LogP contribution is 2.40. The third-order valence-electron chi connectivity index (χ3n) is 5.39. The minimum absolute atomic E-state index is 0.101. The van der Waals surface area contributed by atoms with Gasteiger partial charge < -0.3 is 14.4 Å². The molecule has 1 aromatic rings. The molecule has 1 saturated carbocycles. The molecule has 5 heteroatoms. The number of hydrogen-bond acceptors (Lipinski definition) is 4. The quantitative estimate of drug-likeness (QED) is 0.745. The van der Waals surface area contributed by atoms with Crippen molar-refractivity contribution in [1.82, 2.24) is 4.90 Å². The van der Waals surface area contributed by atoms with Crippen molar-refractivity contribution in [2.24, 2.45) is 17.8 Å². The molecule has 3 atom stereocenters. The van der Waals surface area contributed by atoms with Crippen LogP contribution >= 0.6 is 0 Å². The Hall–Kier alpha value is -2.04. The molecule has 1 saturated heterocycles. The number of fused-ring (bicyclic) bond motifs is 1. The zero-order valence-electron chi connectivity index (χ0n) is 15.7. The monoisotopic (exact) mass is 359 g/mol. The zero-order valence-corrected chi connectivity index (χ0v) is 15.7. The summed E-state index contributed by atoms with van der Waals surface area (Å²) in [5.74, 6) is 0.138. The summed E-state index contributed by atoms with van der Waals surface area (Å²) >= 11 is 0. The Bertz CT molecular complexity index is 616. The number of esters is 1. The predicted octanol–water partition coefficient (Wildman–Crippen LogP) is 4.01. The van der Waals surface area contributed by atoms with Gasteiger partial charge in [0.15, 0.2) is 0 Å². The van der Waals surface area contributed by atoms with E-state index in [2.05, 4.69) is 0 Å². The lowest BCUT2D eigenvalue weighted by molar-refractivity contribution is -0.150. The molecular formula is C21H29NO4. The van der Waals surface area contributed by atoms with E-state index in [-0.39, 0.29) is 36.5 Å². The van der Waals surface area contributed by atoms with Crippen LogP contribution in [-0.2, 0) is 20.9 Å². The predicted molar refractivity (Wildman–Crippen MR) is 98.4 cm³/mol. The second-order valence-corrected chi connectivity index (χ2v) is 7.84. The molecular weight excluding hydrogens is 330 g/mol. The van der Waals surface area contributed by atoms with Crippen molar-refractivity contribution in [2.45, 2.75) is 52.2 Å². The summed E-state index contributed by atoms with van der Waals surface area (Å²) in [6.07, 6.45) is 3.82. The van der Waals surface area contributed by atoms with E-state index in [0.717, 1.165) is 31.2 Å². The van der Waals surface area contributed by atoms with Gasteiger partial charge in [-0.25, -0.2) is 4.79 Å². The summed E-state index contributed by atoms with van der Waals surface area (Å²) in [4.78, 5) is 27.0. The molecule has 1 heterocycles. The largest absolute Gasteiger partial charge is 0.465 e. The average Bonchev–Trinajstić information content (AvgIpc) is 3.05. The molecule has 1 amide bonds. The van der Waals surface area contributed by atoms with Gasteiger partial charge in [0.1, 0.15) is 6.61 Å². The molecule has 26 heavy (non-hydrogen) atoms. The number of amides is 1. The number of ether oxygens (including phenoxy) is 2. The lowest BCUT2D eigenvalue weighted by atomic mass is 9.80. The van der Waals surface area contributed by atoms with E-state index < -0.39 is 0 Å². The molecule has 3 unspecified atom stereocenters. The Morgan fingerprint density at radius 2 is 1.85 bits per heavy atom. The summed E-state index contributed by atoms with van der Waals surface area (Å²) in [7, 11) is 0. The minimum atomic E-state index is -0.315. The molecule has 0 aromatic heterocycles. The molecule has 1 aromatic carbocycles. The van der Waals surface area contributed by atoms with Gasteiger partial charge in [-0.3, -0.25) is 4.79 Å². The van der Waals surface area contributed by atoms with Crippen molar-refractivity contribution in [2.75, 3.05) is 13.2 Å².